The lowest BCUT2D eigenvalue weighted by atomic mass is 9.95. The van der Waals surface area contributed by atoms with Gasteiger partial charge in [0.05, 0.1) is 0 Å². The zero-order valence-corrected chi connectivity index (χ0v) is 12.1. The fourth-order valence-electron chi connectivity index (χ4n) is 2.81. The zero-order chi connectivity index (χ0) is 13.1. The van der Waals surface area contributed by atoms with Gasteiger partial charge >= 0.3 is 0 Å². The first-order chi connectivity index (χ1) is 8.60. The normalized spacial score (nSPS) is 25.3. The van der Waals surface area contributed by atoms with Crippen LogP contribution >= 0.6 is 11.6 Å². The molecule has 0 aliphatic heterocycles. The molecule has 3 atom stereocenters. The van der Waals surface area contributed by atoms with E-state index in [0.717, 1.165) is 5.92 Å². The molecule has 0 saturated heterocycles. The average molecular weight is 286 g/mol. The predicted molar refractivity (Wildman–Crippen MR) is 74.4 cm³/mol. The Bertz CT molecular complexity index is 447. The monoisotopic (exact) mass is 285 g/mol. The first-order valence-electron chi connectivity index (χ1n) is 6.44. The summed E-state index contributed by atoms with van der Waals surface area (Å²) in [5.74, 6) is 1.43. The Hall–Kier alpha value is -0.380. The quantitative estimate of drug-likeness (QED) is 0.784. The van der Waals surface area contributed by atoms with Crippen LogP contribution in [-0.4, -0.2) is 8.76 Å². The van der Waals surface area contributed by atoms with Crippen molar-refractivity contribution < 1.29 is 8.76 Å². The fourth-order valence-corrected chi connectivity index (χ4v) is 3.65. The highest BCUT2D eigenvalue weighted by molar-refractivity contribution is 7.78. The van der Waals surface area contributed by atoms with Gasteiger partial charge in [-0.3, -0.25) is 4.21 Å². The Balaban J connectivity index is 2.11. The molecule has 0 heterocycles. The summed E-state index contributed by atoms with van der Waals surface area (Å²) in [4.78, 5) is 0. The molecule has 0 spiro atoms. The van der Waals surface area contributed by atoms with Crippen LogP contribution in [0.15, 0.2) is 18.2 Å². The van der Waals surface area contributed by atoms with E-state index < -0.39 is 11.1 Å². The molecule has 0 bridgehead atoms. The summed E-state index contributed by atoms with van der Waals surface area (Å²) in [6.45, 7) is 2.24. The third-order valence-electron chi connectivity index (χ3n) is 3.94. The van der Waals surface area contributed by atoms with E-state index in [2.05, 4.69) is 6.92 Å². The highest BCUT2D eigenvalue weighted by Crippen LogP contribution is 2.40. The predicted octanol–water partition coefficient (Wildman–Crippen LogP) is 4.01. The Labute approximate surface area is 116 Å². The maximum atomic E-state index is 10.7. The van der Waals surface area contributed by atoms with Crippen molar-refractivity contribution >= 4 is 22.7 Å². The number of hydrogen-bond acceptors (Lipinski definition) is 2. The molecule has 1 saturated carbocycles. The van der Waals surface area contributed by atoms with Gasteiger partial charge < -0.3 is 4.55 Å². The van der Waals surface area contributed by atoms with Crippen molar-refractivity contribution in [2.24, 2.45) is 5.92 Å². The molecule has 1 aliphatic rings. The molecule has 1 aliphatic carbocycles. The molecule has 18 heavy (non-hydrogen) atoms. The van der Waals surface area contributed by atoms with Gasteiger partial charge in [-0.2, -0.15) is 0 Å². The number of hydrogen-bond donors (Lipinski definition) is 0. The SMILES string of the molecule is CCC1CCC(c2ccc(CS(=O)[O-])c(Cl)c2)C1. The third-order valence-corrected chi connectivity index (χ3v) is 4.84. The molecule has 2 nitrogen and oxygen atoms in total. The minimum absolute atomic E-state index is 0.00135. The topological polar surface area (TPSA) is 40.1 Å². The van der Waals surface area contributed by atoms with Gasteiger partial charge in [-0.25, -0.2) is 0 Å². The van der Waals surface area contributed by atoms with Crippen molar-refractivity contribution in [3.8, 4) is 0 Å². The van der Waals surface area contributed by atoms with E-state index in [9.17, 15) is 8.76 Å². The van der Waals surface area contributed by atoms with Gasteiger partial charge in [0.25, 0.3) is 0 Å². The average Bonchev–Trinajstić information content (AvgIpc) is 2.80. The first-order valence-corrected chi connectivity index (χ1v) is 8.06. The largest absolute Gasteiger partial charge is 0.772 e. The van der Waals surface area contributed by atoms with Gasteiger partial charge in [-0.05, 0) is 48.3 Å². The Morgan fingerprint density at radius 1 is 1.44 bits per heavy atom. The molecule has 3 unspecified atom stereocenters. The molecule has 1 fully saturated rings. The number of benzene rings is 1. The number of rotatable bonds is 4. The molecule has 0 amide bonds. The molecule has 1 aromatic carbocycles. The van der Waals surface area contributed by atoms with E-state index >= 15 is 0 Å². The van der Waals surface area contributed by atoms with E-state index in [1.54, 1.807) is 0 Å². The van der Waals surface area contributed by atoms with Gasteiger partial charge in [0, 0.05) is 10.8 Å². The van der Waals surface area contributed by atoms with Crippen molar-refractivity contribution in [1.29, 1.82) is 0 Å². The van der Waals surface area contributed by atoms with Gasteiger partial charge in [-0.15, -0.1) is 0 Å². The summed E-state index contributed by atoms with van der Waals surface area (Å²) in [6.07, 6.45) is 5.00. The second kappa shape index (κ2) is 6.18. The summed E-state index contributed by atoms with van der Waals surface area (Å²) < 4.78 is 21.4. The second-order valence-corrected chi connectivity index (χ2v) is 6.39. The van der Waals surface area contributed by atoms with E-state index in [0.29, 0.717) is 16.5 Å². The fraction of sp³-hybridized carbons (Fsp3) is 0.571. The molecular formula is C14H18ClO2S-. The van der Waals surface area contributed by atoms with Crippen LogP contribution in [0, 0.1) is 5.92 Å². The molecule has 0 radical (unpaired) electrons. The molecule has 100 valence electrons. The van der Waals surface area contributed by atoms with Crippen molar-refractivity contribution in [2.75, 3.05) is 0 Å². The van der Waals surface area contributed by atoms with Crippen LogP contribution in [-0.2, 0) is 16.8 Å². The Morgan fingerprint density at radius 3 is 2.78 bits per heavy atom. The van der Waals surface area contributed by atoms with E-state index in [1.807, 2.05) is 18.2 Å². The van der Waals surface area contributed by atoms with Crippen LogP contribution < -0.4 is 0 Å². The zero-order valence-electron chi connectivity index (χ0n) is 10.5. The highest BCUT2D eigenvalue weighted by atomic mass is 35.5. The summed E-state index contributed by atoms with van der Waals surface area (Å²) in [5.41, 5.74) is 1.95. The van der Waals surface area contributed by atoms with Crippen LogP contribution in [0.2, 0.25) is 5.02 Å². The lowest BCUT2D eigenvalue weighted by Gasteiger charge is -2.13. The van der Waals surface area contributed by atoms with Crippen molar-refractivity contribution in [1.82, 2.24) is 0 Å². The molecule has 4 heteroatoms. The van der Waals surface area contributed by atoms with Crippen LogP contribution in [0.25, 0.3) is 0 Å². The Kier molecular flexibility index (Phi) is 4.82. The summed E-state index contributed by atoms with van der Waals surface area (Å²) in [6, 6.07) is 5.84. The van der Waals surface area contributed by atoms with E-state index in [-0.39, 0.29) is 5.75 Å². The lowest BCUT2D eigenvalue weighted by Crippen LogP contribution is -1.98. The maximum Gasteiger partial charge on any atom is 0.0449 e. The summed E-state index contributed by atoms with van der Waals surface area (Å²) in [5, 5.41) is 0.580. The Morgan fingerprint density at radius 2 is 2.22 bits per heavy atom. The standard InChI is InChI=1S/C14H19ClO2S/c1-2-10-3-4-11(7-10)12-5-6-13(9-18(16)17)14(15)8-12/h5-6,8,10-11H,2-4,7,9H2,1H3,(H,16,17)/p-1. The third kappa shape index (κ3) is 3.34. The molecule has 1 aromatic rings. The summed E-state index contributed by atoms with van der Waals surface area (Å²) >= 11 is 4.07. The minimum atomic E-state index is -2.08. The van der Waals surface area contributed by atoms with E-state index in [4.69, 9.17) is 11.6 Å². The lowest BCUT2D eigenvalue weighted by molar-refractivity contribution is 0.521. The van der Waals surface area contributed by atoms with E-state index in [1.165, 1.54) is 31.2 Å². The first kappa shape index (κ1) is 14.0. The smallest absolute Gasteiger partial charge is 0.0449 e. The van der Waals surface area contributed by atoms with Crippen LogP contribution in [0.5, 0.6) is 0 Å². The van der Waals surface area contributed by atoms with Gasteiger partial charge in [-0.1, -0.05) is 48.2 Å². The van der Waals surface area contributed by atoms with Crippen LogP contribution in [0.3, 0.4) is 0 Å². The molecule has 0 N–H and O–H groups in total. The van der Waals surface area contributed by atoms with Crippen molar-refractivity contribution in [2.45, 2.75) is 44.3 Å². The maximum absolute atomic E-state index is 10.7. The number of halogens is 1. The second-order valence-electron chi connectivity index (χ2n) is 5.08. The van der Waals surface area contributed by atoms with Crippen molar-refractivity contribution in [3.05, 3.63) is 34.3 Å². The van der Waals surface area contributed by atoms with Gasteiger partial charge in [0.15, 0.2) is 0 Å². The molecular weight excluding hydrogens is 268 g/mol. The van der Waals surface area contributed by atoms with Crippen molar-refractivity contribution in [3.63, 3.8) is 0 Å². The highest BCUT2D eigenvalue weighted by Gasteiger charge is 2.24. The van der Waals surface area contributed by atoms with Crippen LogP contribution in [0.1, 0.15) is 49.7 Å². The van der Waals surface area contributed by atoms with Crippen LogP contribution in [0.4, 0.5) is 0 Å². The minimum Gasteiger partial charge on any atom is -0.772 e. The molecule has 0 aromatic heterocycles. The molecule has 2 rings (SSSR count). The van der Waals surface area contributed by atoms with Gasteiger partial charge in [0.2, 0.25) is 0 Å². The summed E-state index contributed by atoms with van der Waals surface area (Å²) in [7, 11) is 0. The van der Waals surface area contributed by atoms with Gasteiger partial charge in [0.1, 0.15) is 0 Å².